The van der Waals surface area contributed by atoms with E-state index in [2.05, 4.69) is 20.6 Å². The van der Waals surface area contributed by atoms with Crippen LogP contribution in [0.1, 0.15) is 31.8 Å². The summed E-state index contributed by atoms with van der Waals surface area (Å²) in [6.07, 6.45) is 0. The zero-order chi connectivity index (χ0) is 24.4. The molecule has 1 heterocycles. The average molecular weight is 461 g/mol. The lowest BCUT2D eigenvalue weighted by atomic mass is 10.1. The molecule has 0 radical (unpaired) electrons. The van der Waals surface area contributed by atoms with E-state index in [9.17, 15) is 9.59 Å². The number of nitrogens with one attached hydrogen (secondary N) is 3. The number of aromatic amines is 1. The number of imidazole rings is 1. The first-order chi connectivity index (χ1) is 16.9. The number of H-pyrrole nitrogens is 1. The van der Waals surface area contributed by atoms with Gasteiger partial charge in [-0.05, 0) is 80.6 Å². The number of rotatable bonds is 5. The van der Waals surface area contributed by atoms with Gasteiger partial charge in [0.05, 0.1) is 11.0 Å². The van der Waals surface area contributed by atoms with E-state index in [-0.39, 0.29) is 11.8 Å². The van der Waals surface area contributed by atoms with E-state index >= 15 is 0 Å². The zero-order valence-electron chi connectivity index (χ0n) is 19.4. The number of amides is 2. The Balaban J connectivity index is 1.30. The van der Waals surface area contributed by atoms with Crippen LogP contribution in [-0.4, -0.2) is 21.8 Å². The Labute approximate surface area is 203 Å². The van der Waals surface area contributed by atoms with Crippen molar-refractivity contribution in [3.05, 3.63) is 113 Å². The molecule has 0 unspecified atom stereocenters. The smallest absolute Gasteiger partial charge is 0.255 e. The van der Waals surface area contributed by atoms with E-state index in [4.69, 9.17) is 0 Å². The molecule has 4 aromatic carbocycles. The normalized spacial score (nSPS) is 10.8. The van der Waals surface area contributed by atoms with Gasteiger partial charge in [-0.1, -0.05) is 35.4 Å². The van der Waals surface area contributed by atoms with Crippen LogP contribution in [0.15, 0.2) is 91.0 Å². The number of anilines is 2. The number of fused-ring (bicyclic) bond motifs is 1. The molecule has 0 aliphatic heterocycles. The molecule has 6 nitrogen and oxygen atoms in total. The third-order valence-electron chi connectivity index (χ3n) is 5.78. The van der Waals surface area contributed by atoms with E-state index in [1.54, 1.807) is 0 Å². The van der Waals surface area contributed by atoms with Gasteiger partial charge in [0.1, 0.15) is 5.82 Å². The van der Waals surface area contributed by atoms with Crippen LogP contribution in [0.5, 0.6) is 0 Å². The predicted octanol–water partition coefficient (Wildman–Crippen LogP) is 6.35. The van der Waals surface area contributed by atoms with Gasteiger partial charge >= 0.3 is 0 Å². The maximum Gasteiger partial charge on any atom is 0.255 e. The predicted molar refractivity (Wildman–Crippen MR) is 140 cm³/mol. The van der Waals surface area contributed by atoms with Crippen molar-refractivity contribution in [2.24, 2.45) is 0 Å². The number of aryl methyl sites for hydroxylation is 2. The van der Waals surface area contributed by atoms with Crippen LogP contribution in [0.4, 0.5) is 11.4 Å². The first-order valence-corrected chi connectivity index (χ1v) is 11.3. The van der Waals surface area contributed by atoms with Crippen LogP contribution in [0.25, 0.3) is 22.4 Å². The van der Waals surface area contributed by atoms with Gasteiger partial charge in [-0.3, -0.25) is 9.59 Å². The first-order valence-electron chi connectivity index (χ1n) is 11.3. The number of hydrogen-bond acceptors (Lipinski definition) is 3. The highest BCUT2D eigenvalue weighted by Crippen LogP contribution is 2.24. The van der Waals surface area contributed by atoms with Gasteiger partial charge in [-0.25, -0.2) is 4.98 Å². The summed E-state index contributed by atoms with van der Waals surface area (Å²) in [4.78, 5) is 33.0. The third-order valence-corrected chi connectivity index (χ3v) is 5.78. The van der Waals surface area contributed by atoms with Crippen molar-refractivity contribution < 1.29 is 9.59 Å². The lowest BCUT2D eigenvalue weighted by Gasteiger charge is -2.06. The molecule has 172 valence electrons. The average Bonchev–Trinajstić information content (AvgIpc) is 3.29. The Kier molecular flexibility index (Phi) is 5.85. The van der Waals surface area contributed by atoms with Crippen molar-refractivity contribution in [3.8, 4) is 11.4 Å². The van der Waals surface area contributed by atoms with Crippen molar-refractivity contribution >= 4 is 34.2 Å². The molecule has 5 rings (SSSR count). The highest BCUT2D eigenvalue weighted by molar-refractivity contribution is 6.05. The van der Waals surface area contributed by atoms with Crippen LogP contribution in [0.2, 0.25) is 0 Å². The van der Waals surface area contributed by atoms with Gasteiger partial charge in [0, 0.05) is 28.1 Å². The maximum absolute atomic E-state index is 12.5. The van der Waals surface area contributed by atoms with E-state index in [1.807, 2.05) is 105 Å². The Morgan fingerprint density at radius 3 is 1.74 bits per heavy atom. The second-order valence-corrected chi connectivity index (χ2v) is 8.53. The highest BCUT2D eigenvalue weighted by Gasteiger charge is 2.10. The van der Waals surface area contributed by atoms with Crippen molar-refractivity contribution in [2.75, 3.05) is 10.6 Å². The minimum absolute atomic E-state index is 0.151. The van der Waals surface area contributed by atoms with E-state index in [0.29, 0.717) is 28.3 Å². The Hall–Kier alpha value is -4.71. The molecule has 0 aliphatic rings. The third kappa shape index (κ3) is 4.96. The molecular formula is C29H24N4O2. The maximum atomic E-state index is 12.5. The fraction of sp³-hybridized carbons (Fsp3) is 0.0690. The lowest BCUT2D eigenvalue weighted by Crippen LogP contribution is -2.11. The van der Waals surface area contributed by atoms with Gasteiger partial charge in [0.25, 0.3) is 11.8 Å². The molecule has 0 spiro atoms. The molecule has 35 heavy (non-hydrogen) atoms. The summed E-state index contributed by atoms with van der Waals surface area (Å²) >= 11 is 0. The molecular weight excluding hydrogens is 436 g/mol. The molecule has 6 heteroatoms. The van der Waals surface area contributed by atoms with Crippen molar-refractivity contribution in [1.82, 2.24) is 9.97 Å². The Morgan fingerprint density at radius 1 is 0.657 bits per heavy atom. The van der Waals surface area contributed by atoms with Crippen molar-refractivity contribution in [2.45, 2.75) is 13.8 Å². The van der Waals surface area contributed by atoms with Crippen molar-refractivity contribution in [1.29, 1.82) is 0 Å². The van der Waals surface area contributed by atoms with Crippen LogP contribution < -0.4 is 10.6 Å². The standard InChI is InChI=1S/C29H24N4O2/c1-18-3-7-21(8-4-18)28(34)30-23-13-11-20(12-14-23)27-32-25-16-15-24(17-26(25)33-27)31-29(35)22-9-5-19(2)6-10-22/h3-17H,1-2H3,(H,30,34)(H,31,35)(H,32,33). The number of aromatic nitrogens is 2. The van der Waals surface area contributed by atoms with E-state index in [1.165, 1.54) is 0 Å². The molecule has 0 fully saturated rings. The molecule has 0 bridgehead atoms. The molecule has 0 saturated heterocycles. The molecule has 0 saturated carbocycles. The topological polar surface area (TPSA) is 86.9 Å². The fourth-order valence-electron chi connectivity index (χ4n) is 3.75. The van der Waals surface area contributed by atoms with Crippen LogP contribution in [0, 0.1) is 13.8 Å². The molecule has 0 aliphatic carbocycles. The van der Waals surface area contributed by atoms with Gasteiger partial charge in [0.2, 0.25) is 0 Å². The minimum atomic E-state index is -0.160. The van der Waals surface area contributed by atoms with Gasteiger partial charge < -0.3 is 15.6 Å². The minimum Gasteiger partial charge on any atom is -0.338 e. The quantitative estimate of drug-likeness (QED) is 0.286. The molecule has 2 amide bonds. The largest absolute Gasteiger partial charge is 0.338 e. The number of carbonyl (C=O) groups is 2. The Morgan fingerprint density at radius 2 is 1.17 bits per heavy atom. The number of nitrogens with zero attached hydrogens (tertiary/aromatic N) is 1. The molecule has 3 N–H and O–H groups in total. The number of hydrogen-bond donors (Lipinski definition) is 3. The summed E-state index contributed by atoms with van der Waals surface area (Å²) in [6, 6.07) is 28.0. The molecule has 5 aromatic rings. The lowest BCUT2D eigenvalue weighted by molar-refractivity contribution is 0.101. The zero-order valence-corrected chi connectivity index (χ0v) is 19.4. The van der Waals surface area contributed by atoms with Crippen molar-refractivity contribution in [3.63, 3.8) is 0 Å². The molecule has 1 aromatic heterocycles. The van der Waals surface area contributed by atoms with Crippen LogP contribution in [-0.2, 0) is 0 Å². The summed E-state index contributed by atoms with van der Waals surface area (Å²) in [5.41, 5.74) is 7.33. The first kappa shape index (κ1) is 22.1. The number of benzene rings is 4. The van der Waals surface area contributed by atoms with E-state index in [0.717, 1.165) is 27.7 Å². The van der Waals surface area contributed by atoms with E-state index < -0.39 is 0 Å². The van der Waals surface area contributed by atoms with Gasteiger partial charge in [-0.15, -0.1) is 0 Å². The highest BCUT2D eigenvalue weighted by atomic mass is 16.2. The summed E-state index contributed by atoms with van der Waals surface area (Å²) in [5.74, 6) is 0.396. The second kappa shape index (κ2) is 9.27. The van der Waals surface area contributed by atoms with Crippen LogP contribution >= 0.6 is 0 Å². The van der Waals surface area contributed by atoms with Crippen LogP contribution in [0.3, 0.4) is 0 Å². The fourth-order valence-corrected chi connectivity index (χ4v) is 3.75. The second-order valence-electron chi connectivity index (χ2n) is 8.53. The Bertz CT molecular complexity index is 1520. The summed E-state index contributed by atoms with van der Waals surface area (Å²) in [5, 5.41) is 5.85. The summed E-state index contributed by atoms with van der Waals surface area (Å²) in [7, 11) is 0. The number of carbonyl (C=O) groups excluding carboxylic acids is 2. The monoisotopic (exact) mass is 460 g/mol. The summed E-state index contributed by atoms with van der Waals surface area (Å²) < 4.78 is 0. The van der Waals surface area contributed by atoms with Gasteiger partial charge in [0.15, 0.2) is 0 Å². The molecule has 0 atom stereocenters. The SMILES string of the molecule is Cc1ccc(C(=O)Nc2ccc(-c3nc4ccc(NC(=O)c5ccc(C)cc5)cc4[nH]3)cc2)cc1. The van der Waals surface area contributed by atoms with Gasteiger partial charge in [-0.2, -0.15) is 0 Å². The summed E-state index contributed by atoms with van der Waals surface area (Å²) in [6.45, 7) is 3.97.